The Hall–Kier alpha value is -6.17. The fourth-order valence-electron chi connectivity index (χ4n) is 12.3. The molecule has 4 nitrogen and oxygen atoms in total. The largest absolute Gasteiger partial charge is 0.457 e. The number of hydrogen-bond donors (Lipinski definition) is 0. The Balaban J connectivity index is 1.15. The van der Waals surface area contributed by atoms with Crippen LogP contribution in [0, 0.1) is 11.8 Å². The molecule has 0 unspecified atom stereocenters. The standard InChI is InChI=1S/C56H51N3OSi/c1-3-24-43(25-4-1)61(44-26-5-2-6-27-44,45-28-17-23-42(37-45)58-50-33-14-15-34-51(50)59-49-32-13-12-31-48(49)57-55(58)59)53-36-18-30-47-54(53)60-52-35-16-11-29-46(52)56(47,38-40-19-7-8-20-40)39-41-21-9-10-22-41/h1-6,11-18,23-37,40-41H,7-10,19-22,38-39H2. The molecule has 12 rings (SSSR count). The van der Waals surface area contributed by atoms with E-state index in [2.05, 4.69) is 185 Å². The zero-order chi connectivity index (χ0) is 40.4. The first-order valence-electron chi connectivity index (χ1n) is 22.7. The minimum atomic E-state index is -3.13. The van der Waals surface area contributed by atoms with Crippen molar-refractivity contribution < 1.29 is 4.74 Å². The van der Waals surface area contributed by atoms with Crippen LogP contribution >= 0.6 is 0 Å². The molecule has 0 spiro atoms. The van der Waals surface area contributed by atoms with Gasteiger partial charge < -0.3 is 4.74 Å². The first-order valence-corrected chi connectivity index (χ1v) is 24.7. The van der Waals surface area contributed by atoms with E-state index in [1.807, 2.05) is 0 Å². The number of ether oxygens (including phenoxy) is 1. The van der Waals surface area contributed by atoms with Gasteiger partial charge in [-0.15, -0.1) is 0 Å². The molecule has 0 saturated heterocycles. The number of para-hydroxylation sites is 6. The van der Waals surface area contributed by atoms with Crippen molar-refractivity contribution in [3.05, 3.63) is 187 Å². The molecule has 0 N–H and O–H groups in total. The SMILES string of the molecule is c1ccc([Si](c2ccccc2)(c2cccc(-n3c4ccccc4n4c5ccccc5nc34)c2)c2cccc3c2Oc2ccccc2C3(CC2CCCC2)CC2CCCC2)cc1. The van der Waals surface area contributed by atoms with Crippen LogP contribution in [0.25, 0.3) is 33.5 Å². The molecular weight excluding hydrogens is 759 g/mol. The molecule has 9 aromatic rings. The summed E-state index contributed by atoms with van der Waals surface area (Å²) >= 11 is 0. The molecule has 3 aliphatic rings. The Bertz CT molecular complexity index is 2990. The maximum atomic E-state index is 7.53. The molecule has 1 aliphatic heterocycles. The lowest BCUT2D eigenvalue weighted by Gasteiger charge is -2.46. The minimum absolute atomic E-state index is 0.113. The van der Waals surface area contributed by atoms with Crippen LogP contribution in [0.5, 0.6) is 11.5 Å². The van der Waals surface area contributed by atoms with E-state index in [9.17, 15) is 0 Å². The summed E-state index contributed by atoms with van der Waals surface area (Å²) in [4.78, 5) is 5.29. The molecule has 2 fully saturated rings. The molecule has 7 aromatic carbocycles. The molecule has 3 heterocycles. The molecule has 0 radical (unpaired) electrons. The van der Waals surface area contributed by atoms with Crippen molar-refractivity contribution in [3.63, 3.8) is 0 Å². The van der Waals surface area contributed by atoms with Crippen molar-refractivity contribution in [2.24, 2.45) is 11.8 Å². The lowest BCUT2D eigenvalue weighted by molar-refractivity contribution is 0.270. The van der Waals surface area contributed by atoms with Gasteiger partial charge in [0.2, 0.25) is 5.78 Å². The zero-order valence-electron chi connectivity index (χ0n) is 34.7. The smallest absolute Gasteiger partial charge is 0.220 e. The predicted molar refractivity (Wildman–Crippen MR) is 254 cm³/mol. The Morgan fingerprint density at radius 3 is 1.79 bits per heavy atom. The maximum absolute atomic E-state index is 7.53. The molecular formula is C56H51N3OSi. The molecule has 2 aliphatic carbocycles. The molecule has 0 amide bonds. The highest BCUT2D eigenvalue weighted by Crippen LogP contribution is 2.56. The van der Waals surface area contributed by atoms with Gasteiger partial charge in [0.15, 0.2) is 8.07 Å². The minimum Gasteiger partial charge on any atom is -0.457 e. The summed E-state index contributed by atoms with van der Waals surface area (Å²) in [5, 5.41) is 5.34. The topological polar surface area (TPSA) is 31.5 Å². The van der Waals surface area contributed by atoms with Crippen molar-refractivity contribution in [1.82, 2.24) is 14.0 Å². The van der Waals surface area contributed by atoms with Gasteiger partial charge in [-0.05, 0) is 87.9 Å². The Morgan fingerprint density at radius 1 is 0.525 bits per heavy atom. The van der Waals surface area contributed by atoms with Gasteiger partial charge in [-0.1, -0.05) is 185 Å². The van der Waals surface area contributed by atoms with E-state index in [1.165, 1.54) is 96.1 Å². The Labute approximate surface area is 359 Å². The molecule has 300 valence electrons. The fraction of sp³-hybridized carbons (Fsp3) is 0.232. The second kappa shape index (κ2) is 14.8. The third-order valence-electron chi connectivity index (χ3n) is 14.8. The third-order valence-corrected chi connectivity index (χ3v) is 19.6. The van der Waals surface area contributed by atoms with Gasteiger partial charge in [-0.2, -0.15) is 0 Å². The summed E-state index contributed by atoms with van der Waals surface area (Å²) in [5.41, 5.74) is 8.21. The van der Waals surface area contributed by atoms with Crippen molar-refractivity contribution in [2.75, 3.05) is 0 Å². The highest BCUT2D eigenvalue weighted by Gasteiger charge is 2.50. The first-order chi connectivity index (χ1) is 30.2. The zero-order valence-corrected chi connectivity index (χ0v) is 35.7. The van der Waals surface area contributed by atoms with Gasteiger partial charge >= 0.3 is 0 Å². The molecule has 0 atom stereocenters. The number of imidazole rings is 2. The summed E-state index contributed by atoms with van der Waals surface area (Å²) in [7, 11) is -3.13. The van der Waals surface area contributed by atoms with Crippen LogP contribution < -0.4 is 25.5 Å². The number of nitrogens with zero attached hydrogens (tertiary/aromatic N) is 3. The summed E-state index contributed by atoms with van der Waals surface area (Å²) in [6.07, 6.45) is 13.1. The van der Waals surface area contributed by atoms with E-state index in [0.29, 0.717) is 0 Å². The third kappa shape index (κ3) is 5.73. The van der Waals surface area contributed by atoms with E-state index in [-0.39, 0.29) is 5.41 Å². The number of fused-ring (bicyclic) bond motifs is 7. The van der Waals surface area contributed by atoms with E-state index in [4.69, 9.17) is 9.72 Å². The van der Waals surface area contributed by atoms with E-state index >= 15 is 0 Å². The molecule has 2 aromatic heterocycles. The number of rotatable bonds is 9. The fourth-order valence-corrected chi connectivity index (χ4v) is 17.2. The highest BCUT2D eigenvalue weighted by atomic mass is 28.3. The van der Waals surface area contributed by atoms with Gasteiger partial charge in [-0.25, -0.2) is 4.98 Å². The second-order valence-electron chi connectivity index (χ2n) is 18.2. The van der Waals surface area contributed by atoms with Gasteiger partial charge in [-0.3, -0.25) is 8.97 Å². The van der Waals surface area contributed by atoms with Crippen molar-refractivity contribution >= 4 is 56.7 Å². The monoisotopic (exact) mass is 809 g/mol. The van der Waals surface area contributed by atoms with E-state index < -0.39 is 8.07 Å². The van der Waals surface area contributed by atoms with E-state index in [0.717, 1.165) is 56.9 Å². The summed E-state index contributed by atoms with van der Waals surface area (Å²) in [5.74, 6) is 4.50. The summed E-state index contributed by atoms with van der Waals surface area (Å²) in [6.45, 7) is 0. The van der Waals surface area contributed by atoms with Crippen LogP contribution in [0.3, 0.4) is 0 Å². The van der Waals surface area contributed by atoms with Crippen LogP contribution in [-0.4, -0.2) is 22.0 Å². The quantitative estimate of drug-likeness (QED) is 0.107. The summed E-state index contributed by atoms with van der Waals surface area (Å²) < 4.78 is 12.2. The van der Waals surface area contributed by atoms with Gasteiger partial charge in [0, 0.05) is 22.2 Å². The summed E-state index contributed by atoms with van der Waals surface area (Å²) in [6, 6.07) is 65.9. The normalized spacial score (nSPS) is 16.6. The average molecular weight is 810 g/mol. The lowest BCUT2D eigenvalue weighted by Crippen LogP contribution is -2.75. The lowest BCUT2D eigenvalue weighted by atomic mass is 9.63. The van der Waals surface area contributed by atoms with Crippen LogP contribution in [0.4, 0.5) is 0 Å². The van der Waals surface area contributed by atoms with Crippen LogP contribution in [0.2, 0.25) is 0 Å². The van der Waals surface area contributed by atoms with Crippen LogP contribution in [0.1, 0.15) is 75.3 Å². The first kappa shape index (κ1) is 36.7. The Kier molecular flexibility index (Phi) is 8.88. The number of aromatic nitrogens is 3. The molecule has 2 saturated carbocycles. The number of hydrogen-bond acceptors (Lipinski definition) is 2. The second-order valence-corrected chi connectivity index (χ2v) is 21.9. The van der Waals surface area contributed by atoms with Crippen molar-refractivity contribution in [3.8, 4) is 17.2 Å². The van der Waals surface area contributed by atoms with Gasteiger partial charge in [0.1, 0.15) is 11.5 Å². The maximum Gasteiger partial charge on any atom is 0.220 e. The van der Waals surface area contributed by atoms with Crippen LogP contribution in [-0.2, 0) is 5.41 Å². The van der Waals surface area contributed by atoms with Gasteiger partial charge in [0.05, 0.1) is 22.1 Å². The molecule has 0 bridgehead atoms. The van der Waals surface area contributed by atoms with Crippen molar-refractivity contribution in [2.45, 2.75) is 69.6 Å². The van der Waals surface area contributed by atoms with E-state index in [1.54, 1.807) is 0 Å². The Morgan fingerprint density at radius 2 is 1.08 bits per heavy atom. The predicted octanol–water partition coefficient (Wildman–Crippen LogP) is 11.4. The molecule has 5 heteroatoms. The molecule has 61 heavy (non-hydrogen) atoms. The number of benzene rings is 7. The average Bonchev–Trinajstić information content (AvgIpc) is 4.15. The van der Waals surface area contributed by atoms with Crippen LogP contribution in [0.15, 0.2) is 176 Å². The van der Waals surface area contributed by atoms with Crippen molar-refractivity contribution in [1.29, 1.82) is 0 Å². The van der Waals surface area contributed by atoms with Gasteiger partial charge in [0.25, 0.3) is 0 Å². The highest BCUT2D eigenvalue weighted by molar-refractivity contribution is 7.20.